The number of nitrogens with one attached hydrogen (secondary N) is 1. The summed E-state index contributed by atoms with van der Waals surface area (Å²) in [6.45, 7) is 7.77. The number of hydrogen-bond donors (Lipinski definition) is 1. The summed E-state index contributed by atoms with van der Waals surface area (Å²) in [6, 6.07) is 11.8. The zero-order chi connectivity index (χ0) is 22.3. The van der Waals surface area contributed by atoms with E-state index in [4.69, 9.17) is 4.74 Å². The predicted octanol–water partition coefficient (Wildman–Crippen LogP) is 5.04. The number of nitrogens with zero attached hydrogens (tertiary/aromatic N) is 1. The van der Waals surface area contributed by atoms with E-state index in [0.29, 0.717) is 5.56 Å². The molecule has 1 amide bonds. The smallest absolute Gasteiger partial charge is 0.331 e. The van der Waals surface area contributed by atoms with Gasteiger partial charge in [-0.3, -0.25) is 14.9 Å². The molecule has 7 heteroatoms. The van der Waals surface area contributed by atoms with E-state index in [9.17, 15) is 19.7 Å². The average Bonchev–Trinajstić information content (AvgIpc) is 2.70. The highest BCUT2D eigenvalue weighted by molar-refractivity contribution is 5.96. The maximum absolute atomic E-state index is 12.4. The molecule has 0 bridgehead atoms. The zero-order valence-corrected chi connectivity index (χ0v) is 17.5. The van der Waals surface area contributed by atoms with Crippen LogP contribution in [-0.4, -0.2) is 23.4 Å². The van der Waals surface area contributed by atoms with Crippen LogP contribution in [0.1, 0.15) is 56.2 Å². The van der Waals surface area contributed by atoms with Gasteiger partial charge in [0.15, 0.2) is 6.61 Å². The van der Waals surface area contributed by atoms with Crippen LogP contribution < -0.4 is 5.32 Å². The molecule has 0 aromatic heterocycles. The SMILES string of the molecule is CC(C)c1cccc(C(C)C)c1NC(=O)COC(=O)/C=C/c1cccc([N+](=O)[O-])c1. The van der Waals surface area contributed by atoms with Gasteiger partial charge in [0.2, 0.25) is 0 Å². The van der Waals surface area contributed by atoms with Crippen LogP contribution in [0.3, 0.4) is 0 Å². The van der Waals surface area contributed by atoms with Crippen molar-refractivity contribution in [1.82, 2.24) is 0 Å². The molecule has 0 aliphatic carbocycles. The van der Waals surface area contributed by atoms with E-state index in [1.807, 2.05) is 45.9 Å². The first-order valence-corrected chi connectivity index (χ1v) is 9.71. The van der Waals surface area contributed by atoms with E-state index in [1.54, 1.807) is 6.07 Å². The minimum Gasteiger partial charge on any atom is -0.452 e. The van der Waals surface area contributed by atoms with Crippen LogP contribution in [0.4, 0.5) is 11.4 Å². The molecular formula is C23H26N2O5. The number of amides is 1. The van der Waals surface area contributed by atoms with E-state index >= 15 is 0 Å². The van der Waals surface area contributed by atoms with E-state index in [1.165, 1.54) is 24.3 Å². The molecule has 0 aliphatic rings. The number of para-hydroxylation sites is 1. The quantitative estimate of drug-likeness (QED) is 0.285. The summed E-state index contributed by atoms with van der Waals surface area (Å²) in [4.78, 5) is 34.6. The number of rotatable bonds is 8. The van der Waals surface area contributed by atoms with Crippen molar-refractivity contribution in [1.29, 1.82) is 0 Å². The number of anilines is 1. The Kier molecular flexibility index (Phi) is 7.86. The molecule has 158 valence electrons. The van der Waals surface area contributed by atoms with E-state index < -0.39 is 23.4 Å². The van der Waals surface area contributed by atoms with Gasteiger partial charge in [-0.25, -0.2) is 4.79 Å². The Bertz CT molecular complexity index is 938. The van der Waals surface area contributed by atoms with Crippen LogP contribution in [-0.2, 0) is 14.3 Å². The highest BCUT2D eigenvalue weighted by Gasteiger charge is 2.16. The van der Waals surface area contributed by atoms with Crippen LogP contribution in [0.2, 0.25) is 0 Å². The van der Waals surface area contributed by atoms with Crippen molar-refractivity contribution in [2.45, 2.75) is 39.5 Å². The number of hydrogen-bond acceptors (Lipinski definition) is 5. The Morgan fingerprint density at radius 3 is 2.23 bits per heavy atom. The lowest BCUT2D eigenvalue weighted by Crippen LogP contribution is -2.22. The molecule has 0 fully saturated rings. The van der Waals surface area contributed by atoms with Gasteiger partial charge in [-0.2, -0.15) is 0 Å². The van der Waals surface area contributed by atoms with Crippen molar-refractivity contribution in [3.05, 3.63) is 75.3 Å². The average molecular weight is 410 g/mol. The summed E-state index contributed by atoms with van der Waals surface area (Å²) >= 11 is 0. The number of esters is 1. The summed E-state index contributed by atoms with van der Waals surface area (Å²) in [5, 5.41) is 13.7. The molecule has 0 aliphatic heterocycles. The standard InChI is InChI=1S/C23H26N2O5/c1-15(2)19-9-6-10-20(16(3)4)23(19)24-21(26)14-30-22(27)12-11-17-7-5-8-18(13-17)25(28)29/h5-13,15-16H,14H2,1-4H3,(H,24,26)/b12-11+. The number of carbonyl (C=O) groups excluding carboxylic acids is 2. The Labute approximate surface area is 175 Å². The molecule has 7 nitrogen and oxygen atoms in total. The summed E-state index contributed by atoms with van der Waals surface area (Å²) in [6.07, 6.45) is 2.53. The van der Waals surface area contributed by atoms with Crippen molar-refractivity contribution in [2.24, 2.45) is 0 Å². The van der Waals surface area contributed by atoms with Gasteiger partial charge < -0.3 is 10.1 Å². The predicted molar refractivity (Wildman–Crippen MR) is 116 cm³/mol. The monoisotopic (exact) mass is 410 g/mol. The van der Waals surface area contributed by atoms with Crippen molar-refractivity contribution in [3.8, 4) is 0 Å². The maximum atomic E-state index is 12.4. The normalized spacial score (nSPS) is 11.1. The molecule has 30 heavy (non-hydrogen) atoms. The van der Waals surface area contributed by atoms with Gasteiger partial charge in [-0.05, 0) is 34.6 Å². The number of non-ortho nitro benzene ring substituents is 1. The van der Waals surface area contributed by atoms with Crippen LogP contribution in [0.5, 0.6) is 0 Å². The van der Waals surface area contributed by atoms with Gasteiger partial charge >= 0.3 is 5.97 Å². The second kappa shape index (κ2) is 10.3. The molecule has 0 spiro atoms. The van der Waals surface area contributed by atoms with Crippen molar-refractivity contribution < 1.29 is 19.2 Å². The third kappa shape index (κ3) is 6.27. The third-order valence-electron chi connectivity index (χ3n) is 4.48. The highest BCUT2D eigenvalue weighted by Crippen LogP contribution is 2.32. The largest absolute Gasteiger partial charge is 0.452 e. The number of nitro groups is 1. The fraction of sp³-hybridized carbons (Fsp3) is 0.304. The summed E-state index contributed by atoms with van der Waals surface area (Å²) in [5.74, 6) is -0.696. The van der Waals surface area contributed by atoms with E-state index in [0.717, 1.165) is 22.9 Å². The summed E-state index contributed by atoms with van der Waals surface area (Å²) < 4.78 is 5.00. The minimum atomic E-state index is -0.710. The summed E-state index contributed by atoms with van der Waals surface area (Å²) in [7, 11) is 0. The lowest BCUT2D eigenvalue weighted by atomic mass is 9.92. The molecule has 1 N–H and O–H groups in total. The molecule has 2 rings (SSSR count). The second-order valence-electron chi connectivity index (χ2n) is 7.46. The highest BCUT2D eigenvalue weighted by atomic mass is 16.6. The number of ether oxygens (including phenoxy) is 1. The Hall–Kier alpha value is -3.48. The molecule has 2 aromatic carbocycles. The molecule has 0 unspecified atom stereocenters. The fourth-order valence-corrected chi connectivity index (χ4v) is 2.96. The maximum Gasteiger partial charge on any atom is 0.331 e. The Balaban J connectivity index is 2.00. The number of nitro benzene ring substituents is 1. The van der Waals surface area contributed by atoms with Gasteiger partial charge in [-0.15, -0.1) is 0 Å². The van der Waals surface area contributed by atoms with Crippen molar-refractivity contribution in [2.75, 3.05) is 11.9 Å². The lowest BCUT2D eigenvalue weighted by Gasteiger charge is -2.20. The first kappa shape index (κ1) is 22.8. The first-order chi connectivity index (χ1) is 14.2. The Morgan fingerprint density at radius 2 is 1.67 bits per heavy atom. The van der Waals surface area contributed by atoms with Crippen LogP contribution in [0.25, 0.3) is 6.08 Å². The van der Waals surface area contributed by atoms with Gasteiger partial charge in [-0.1, -0.05) is 58.0 Å². The minimum absolute atomic E-state index is 0.0744. The molecular weight excluding hydrogens is 384 g/mol. The van der Waals surface area contributed by atoms with Crippen molar-refractivity contribution >= 4 is 29.3 Å². The molecule has 0 saturated carbocycles. The van der Waals surface area contributed by atoms with E-state index in [2.05, 4.69) is 5.32 Å². The number of benzene rings is 2. The zero-order valence-electron chi connectivity index (χ0n) is 17.5. The van der Waals surface area contributed by atoms with E-state index in [-0.39, 0.29) is 17.5 Å². The molecule has 0 saturated heterocycles. The van der Waals surface area contributed by atoms with Crippen LogP contribution >= 0.6 is 0 Å². The summed E-state index contributed by atoms with van der Waals surface area (Å²) in [5.41, 5.74) is 3.21. The van der Waals surface area contributed by atoms with Gasteiger partial charge in [0.25, 0.3) is 11.6 Å². The number of carbonyl (C=O) groups is 2. The van der Waals surface area contributed by atoms with Gasteiger partial charge in [0, 0.05) is 23.9 Å². The van der Waals surface area contributed by atoms with Crippen molar-refractivity contribution in [3.63, 3.8) is 0 Å². The topological polar surface area (TPSA) is 98.5 Å². The molecule has 0 heterocycles. The van der Waals surface area contributed by atoms with Gasteiger partial charge in [0.1, 0.15) is 0 Å². The van der Waals surface area contributed by atoms with Gasteiger partial charge in [0.05, 0.1) is 4.92 Å². The fourth-order valence-electron chi connectivity index (χ4n) is 2.96. The van der Waals surface area contributed by atoms with Crippen LogP contribution in [0, 0.1) is 10.1 Å². The Morgan fingerprint density at radius 1 is 1.07 bits per heavy atom. The van der Waals surface area contributed by atoms with Crippen LogP contribution in [0.15, 0.2) is 48.5 Å². The first-order valence-electron chi connectivity index (χ1n) is 9.71. The lowest BCUT2D eigenvalue weighted by molar-refractivity contribution is -0.384. The molecule has 0 atom stereocenters. The second-order valence-corrected chi connectivity index (χ2v) is 7.46. The molecule has 0 radical (unpaired) electrons. The molecule has 2 aromatic rings. The third-order valence-corrected chi connectivity index (χ3v) is 4.48.